The van der Waals surface area contributed by atoms with Crippen LogP contribution in [-0.4, -0.2) is 26.0 Å². The Hall–Kier alpha value is -3.28. The second-order valence-electron chi connectivity index (χ2n) is 5.91. The van der Waals surface area contributed by atoms with Crippen LogP contribution in [-0.2, 0) is 0 Å². The van der Waals surface area contributed by atoms with Gasteiger partial charge in [0.15, 0.2) is 5.82 Å². The number of hydrogen-bond donors (Lipinski definition) is 2. The Kier molecular flexibility index (Phi) is 4.70. The van der Waals surface area contributed by atoms with Crippen molar-refractivity contribution in [1.82, 2.24) is 15.0 Å². The van der Waals surface area contributed by atoms with Crippen LogP contribution < -0.4 is 5.32 Å². The van der Waals surface area contributed by atoms with Gasteiger partial charge in [0.1, 0.15) is 5.82 Å². The highest BCUT2D eigenvalue weighted by Gasteiger charge is 2.10. The summed E-state index contributed by atoms with van der Waals surface area (Å²) in [4.78, 5) is 24.2. The molecule has 0 amide bonds. The Morgan fingerprint density at radius 2 is 1.88 bits per heavy atom. The molecule has 0 spiro atoms. The molecule has 6 nitrogen and oxygen atoms in total. The maximum Gasteiger partial charge on any atom is 0.335 e. The van der Waals surface area contributed by atoms with Gasteiger partial charge >= 0.3 is 5.97 Å². The molecule has 2 N–H and O–H groups in total. The zero-order chi connectivity index (χ0) is 17.8. The monoisotopic (exact) mass is 334 g/mol. The van der Waals surface area contributed by atoms with Gasteiger partial charge in [-0.3, -0.25) is 4.98 Å². The second kappa shape index (κ2) is 7.09. The number of carbonyl (C=O) groups is 1. The lowest BCUT2D eigenvalue weighted by molar-refractivity contribution is 0.0697. The molecule has 6 heteroatoms. The number of pyridine rings is 1. The van der Waals surface area contributed by atoms with Crippen LogP contribution in [0.1, 0.15) is 35.8 Å². The van der Waals surface area contributed by atoms with E-state index in [9.17, 15) is 4.79 Å². The number of hydrogen-bond acceptors (Lipinski definition) is 5. The molecule has 3 rings (SSSR count). The minimum absolute atomic E-state index is 0.243. The van der Waals surface area contributed by atoms with Crippen molar-refractivity contribution >= 4 is 17.5 Å². The lowest BCUT2D eigenvalue weighted by atomic mass is 10.1. The molecule has 0 unspecified atom stereocenters. The summed E-state index contributed by atoms with van der Waals surface area (Å²) < 4.78 is 0. The van der Waals surface area contributed by atoms with Crippen molar-refractivity contribution in [3.63, 3.8) is 0 Å². The summed E-state index contributed by atoms with van der Waals surface area (Å²) in [5.74, 6) is 0.549. The average molecular weight is 334 g/mol. The number of anilines is 2. The van der Waals surface area contributed by atoms with E-state index in [4.69, 9.17) is 5.11 Å². The number of rotatable bonds is 5. The maximum absolute atomic E-state index is 10.9. The van der Waals surface area contributed by atoms with E-state index in [1.807, 2.05) is 18.2 Å². The van der Waals surface area contributed by atoms with Crippen LogP contribution in [0.2, 0.25) is 0 Å². The Bertz CT molecular complexity index is 878. The molecule has 0 fully saturated rings. The molecule has 0 saturated carbocycles. The quantitative estimate of drug-likeness (QED) is 0.730. The van der Waals surface area contributed by atoms with Crippen LogP contribution in [0.25, 0.3) is 11.4 Å². The van der Waals surface area contributed by atoms with Crippen molar-refractivity contribution in [1.29, 1.82) is 0 Å². The fourth-order valence-corrected chi connectivity index (χ4v) is 2.29. The standard InChI is InChI=1S/C19H18N4O2/c1-12(2)16-10-17(21-15-7-5-13(6-8-15)19(24)25)23-18(22-16)14-4-3-9-20-11-14/h3-12H,1-2H3,(H,24,25)(H,21,22,23). The van der Waals surface area contributed by atoms with E-state index in [1.54, 1.807) is 36.7 Å². The summed E-state index contributed by atoms with van der Waals surface area (Å²) in [5.41, 5.74) is 2.76. The van der Waals surface area contributed by atoms with Crippen molar-refractivity contribution < 1.29 is 9.90 Å². The van der Waals surface area contributed by atoms with Crippen molar-refractivity contribution in [3.8, 4) is 11.4 Å². The van der Waals surface area contributed by atoms with Gasteiger partial charge in [0.2, 0.25) is 0 Å². The SMILES string of the molecule is CC(C)c1cc(Nc2ccc(C(=O)O)cc2)nc(-c2cccnc2)n1. The molecule has 0 radical (unpaired) electrons. The largest absolute Gasteiger partial charge is 0.478 e. The molecule has 0 saturated heterocycles. The molecule has 2 aromatic heterocycles. The predicted octanol–water partition coefficient (Wildman–Crippen LogP) is 4.10. The minimum atomic E-state index is -0.949. The molecule has 0 aliphatic rings. The molecule has 1 aromatic carbocycles. The summed E-state index contributed by atoms with van der Waals surface area (Å²) in [6.07, 6.45) is 3.43. The summed E-state index contributed by atoms with van der Waals surface area (Å²) in [6.45, 7) is 4.14. The zero-order valence-electron chi connectivity index (χ0n) is 14.0. The number of benzene rings is 1. The number of carboxylic acid groups (broad SMARTS) is 1. The van der Waals surface area contributed by atoms with Crippen LogP contribution in [0.4, 0.5) is 11.5 Å². The Morgan fingerprint density at radius 3 is 2.48 bits per heavy atom. The molecule has 0 bridgehead atoms. The number of aromatic nitrogens is 3. The van der Waals surface area contributed by atoms with Gasteiger partial charge in [0, 0.05) is 35.4 Å². The minimum Gasteiger partial charge on any atom is -0.478 e. The van der Waals surface area contributed by atoms with E-state index < -0.39 is 5.97 Å². The van der Waals surface area contributed by atoms with Gasteiger partial charge in [0.05, 0.1) is 5.56 Å². The zero-order valence-corrected chi connectivity index (χ0v) is 14.0. The fraction of sp³-hybridized carbons (Fsp3) is 0.158. The lowest BCUT2D eigenvalue weighted by Crippen LogP contribution is -2.03. The number of nitrogens with zero attached hydrogens (tertiary/aromatic N) is 3. The first-order chi connectivity index (χ1) is 12.0. The molecule has 126 valence electrons. The third-order valence-corrected chi connectivity index (χ3v) is 3.66. The fourth-order valence-electron chi connectivity index (χ4n) is 2.29. The number of aromatic carboxylic acids is 1. The van der Waals surface area contributed by atoms with Crippen LogP contribution >= 0.6 is 0 Å². The van der Waals surface area contributed by atoms with Crippen LogP contribution in [0.15, 0.2) is 54.9 Å². The first-order valence-electron chi connectivity index (χ1n) is 7.92. The maximum atomic E-state index is 10.9. The second-order valence-corrected chi connectivity index (χ2v) is 5.91. The van der Waals surface area contributed by atoms with Gasteiger partial charge in [-0.15, -0.1) is 0 Å². The van der Waals surface area contributed by atoms with E-state index in [-0.39, 0.29) is 11.5 Å². The molecule has 25 heavy (non-hydrogen) atoms. The smallest absolute Gasteiger partial charge is 0.335 e. The third-order valence-electron chi connectivity index (χ3n) is 3.66. The van der Waals surface area contributed by atoms with Crippen LogP contribution in [0.3, 0.4) is 0 Å². The molecule has 2 heterocycles. The summed E-state index contributed by atoms with van der Waals surface area (Å²) in [6, 6.07) is 12.2. The summed E-state index contributed by atoms with van der Waals surface area (Å²) in [7, 11) is 0. The average Bonchev–Trinajstić information content (AvgIpc) is 2.62. The van der Waals surface area contributed by atoms with Crippen LogP contribution in [0.5, 0.6) is 0 Å². The van der Waals surface area contributed by atoms with E-state index in [2.05, 4.69) is 34.1 Å². The Balaban J connectivity index is 1.95. The topological polar surface area (TPSA) is 88.0 Å². The van der Waals surface area contributed by atoms with Crippen LogP contribution in [0, 0.1) is 0 Å². The molecule has 3 aromatic rings. The Labute approximate surface area is 145 Å². The third kappa shape index (κ3) is 3.98. The predicted molar refractivity (Wildman–Crippen MR) is 96.0 cm³/mol. The molecule has 0 aliphatic heterocycles. The summed E-state index contributed by atoms with van der Waals surface area (Å²) in [5, 5.41) is 12.2. The van der Waals surface area contributed by atoms with E-state index in [0.29, 0.717) is 11.6 Å². The summed E-state index contributed by atoms with van der Waals surface area (Å²) >= 11 is 0. The van der Waals surface area contributed by atoms with Crippen molar-refractivity contribution in [3.05, 3.63) is 66.1 Å². The van der Waals surface area contributed by atoms with Gasteiger partial charge in [-0.25, -0.2) is 14.8 Å². The van der Waals surface area contributed by atoms with Gasteiger partial charge in [-0.2, -0.15) is 0 Å². The highest BCUT2D eigenvalue weighted by atomic mass is 16.4. The molecular weight excluding hydrogens is 316 g/mol. The van der Waals surface area contributed by atoms with Crippen molar-refractivity contribution in [2.45, 2.75) is 19.8 Å². The highest BCUT2D eigenvalue weighted by molar-refractivity contribution is 5.88. The van der Waals surface area contributed by atoms with Gasteiger partial charge in [-0.1, -0.05) is 13.8 Å². The van der Waals surface area contributed by atoms with E-state index in [0.717, 1.165) is 16.9 Å². The number of carboxylic acids is 1. The normalized spacial score (nSPS) is 10.7. The van der Waals surface area contributed by atoms with Gasteiger partial charge < -0.3 is 10.4 Å². The lowest BCUT2D eigenvalue weighted by Gasteiger charge is -2.12. The molecular formula is C19H18N4O2. The number of nitrogens with one attached hydrogen (secondary N) is 1. The van der Waals surface area contributed by atoms with E-state index >= 15 is 0 Å². The molecule has 0 aliphatic carbocycles. The first kappa shape index (κ1) is 16.6. The van der Waals surface area contributed by atoms with Crippen molar-refractivity contribution in [2.75, 3.05) is 5.32 Å². The van der Waals surface area contributed by atoms with Gasteiger partial charge in [0.25, 0.3) is 0 Å². The van der Waals surface area contributed by atoms with Crippen molar-refractivity contribution in [2.24, 2.45) is 0 Å². The van der Waals surface area contributed by atoms with Gasteiger partial charge in [-0.05, 0) is 42.3 Å². The van der Waals surface area contributed by atoms with E-state index in [1.165, 1.54) is 0 Å². The Morgan fingerprint density at radius 1 is 1.12 bits per heavy atom. The molecule has 0 atom stereocenters. The first-order valence-corrected chi connectivity index (χ1v) is 7.92. The highest BCUT2D eigenvalue weighted by Crippen LogP contribution is 2.23.